The van der Waals surface area contributed by atoms with Crippen molar-refractivity contribution >= 4 is 5.82 Å². The lowest BCUT2D eigenvalue weighted by Gasteiger charge is -2.37. The van der Waals surface area contributed by atoms with Gasteiger partial charge >= 0.3 is 0 Å². The third kappa shape index (κ3) is 1.43. The number of hydrogen-bond acceptors (Lipinski definition) is 3. The molecule has 2 unspecified atom stereocenters. The summed E-state index contributed by atoms with van der Waals surface area (Å²) in [6.45, 7) is 4.20. The minimum absolute atomic E-state index is 0.649. The van der Waals surface area contributed by atoms with Crippen LogP contribution in [0.3, 0.4) is 0 Å². The fourth-order valence-corrected chi connectivity index (χ4v) is 4.02. The summed E-state index contributed by atoms with van der Waals surface area (Å²) in [5, 5.41) is 0. The van der Waals surface area contributed by atoms with E-state index in [4.69, 9.17) is 0 Å². The van der Waals surface area contributed by atoms with Crippen LogP contribution >= 0.6 is 0 Å². The fraction of sp³-hybridized carbons (Fsp3) is 0.600. The number of rotatable bonds is 1. The predicted octanol–water partition coefficient (Wildman–Crippen LogP) is 2.65. The Hall–Kier alpha value is -1.38. The van der Waals surface area contributed by atoms with Crippen LogP contribution in [-0.2, 0) is 12.8 Å². The molecule has 0 saturated carbocycles. The predicted molar refractivity (Wildman–Crippen MR) is 71.7 cm³/mol. The molecule has 3 heteroatoms. The summed E-state index contributed by atoms with van der Waals surface area (Å²) in [6.07, 6.45) is 10.3. The van der Waals surface area contributed by atoms with Gasteiger partial charge in [-0.05, 0) is 44.9 Å². The molecule has 1 aliphatic carbocycles. The molecule has 2 fully saturated rings. The number of aryl methyl sites for hydroxylation is 1. The van der Waals surface area contributed by atoms with Gasteiger partial charge in [0.2, 0.25) is 0 Å². The van der Waals surface area contributed by atoms with Crippen LogP contribution in [0.2, 0.25) is 0 Å². The van der Waals surface area contributed by atoms with Gasteiger partial charge in [-0.25, -0.2) is 9.97 Å². The van der Waals surface area contributed by atoms with E-state index in [1.54, 1.807) is 6.33 Å². The first-order valence-corrected chi connectivity index (χ1v) is 7.10. The van der Waals surface area contributed by atoms with Gasteiger partial charge in [-0.3, -0.25) is 0 Å². The molecule has 0 N–H and O–H groups in total. The summed E-state index contributed by atoms with van der Waals surface area (Å²) in [6, 6.07) is 1.30. The standard InChI is InChI=1S/C15H19N3/c1-10-7-11-5-6-12(8-10)18(11)15-13-3-2-4-14(13)16-9-17-15/h9,11-12H,1-8H2. The van der Waals surface area contributed by atoms with Gasteiger partial charge in [0, 0.05) is 23.3 Å². The number of fused-ring (bicyclic) bond motifs is 3. The number of nitrogens with zero attached hydrogens (tertiary/aromatic N) is 3. The Morgan fingerprint density at radius 1 is 1.11 bits per heavy atom. The highest BCUT2D eigenvalue weighted by Gasteiger charge is 2.40. The van der Waals surface area contributed by atoms with Crippen LogP contribution < -0.4 is 4.90 Å². The minimum atomic E-state index is 0.649. The Balaban J connectivity index is 1.76. The van der Waals surface area contributed by atoms with Crippen molar-refractivity contribution in [2.24, 2.45) is 0 Å². The van der Waals surface area contributed by atoms with Gasteiger partial charge in [0.05, 0.1) is 0 Å². The minimum Gasteiger partial charge on any atom is -0.350 e. The van der Waals surface area contributed by atoms with Crippen LogP contribution in [0.1, 0.15) is 43.4 Å². The van der Waals surface area contributed by atoms with E-state index in [0.717, 1.165) is 19.3 Å². The Morgan fingerprint density at radius 3 is 2.67 bits per heavy atom. The van der Waals surface area contributed by atoms with E-state index in [-0.39, 0.29) is 0 Å². The first kappa shape index (κ1) is 10.5. The van der Waals surface area contributed by atoms with Crippen molar-refractivity contribution in [2.75, 3.05) is 4.90 Å². The van der Waals surface area contributed by atoms with Crippen molar-refractivity contribution in [3.05, 3.63) is 29.7 Å². The molecule has 3 heterocycles. The van der Waals surface area contributed by atoms with Crippen LogP contribution in [0.25, 0.3) is 0 Å². The van der Waals surface area contributed by atoms with Crippen molar-refractivity contribution in [2.45, 2.75) is 57.0 Å². The van der Waals surface area contributed by atoms with Crippen LogP contribution in [0.4, 0.5) is 5.82 Å². The van der Waals surface area contributed by atoms with Crippen molar-refractivity contribution in [1.29, 1.82) is 0 Å². The Labute approximate surface area is 108 Å². The lowest BCUT2D eigenvalue weighted by Crippen LogP contribution is -2.41. The summed E-state index contributed by atoms with van der Waals surface area (Å²) in [7, 11) is 0. The molecule has 0 amide bonds. The maximum atomic E-state index is 4.63. The van der Waals surface area contributed by atoms with E-state index >= 15 is 0 Å². The quantitative estimate of drug-likeness (QED) is 0.708. The molecule has 18 heavy (non-hydrogen) atoms. The van der Waals surface area contributed by atoms with Gasteiger partial charge in [0.1, 0.15) is 12.1 Å². The molecule has 1 aromatic heterocycles. The molecule has 0 radical (unpaired) electrons. The zero-order chi connectivity index (χ0) is 12.1. The largest absolute Gasteiger partial charge is 0.350 e. The molecule has 1 aromatic rings. The van der Waals surface area contributed by atoms with E-state index in [0.29, 0.717) is 12.1 Å². The lowest BCUT2D eigenvalue weighted by atomic mass is 9.97. The number of piperidine rings is 1. The van der Waals surface area contributed by atoms with Crippen molar-refractivity contribution in [3.8, 4) is 0 Å². The molecule has 3 aliphatic rings. The molecule has 94 valence electrons. The first-order chi connectivity index (χ1) is 8.83. The summed E-state index contributed by atoms with van der Waals surface area (Å²) < 4.78 is 0. The van der Waals surface area contributed by atoms with Gasteiger partial charge < -0.3 is 4.90 Å². The average molecular weight is 241 g/mol. The second-order valence-corrected chi connectivity index (χ2v) is 5.93. The highest BCUT2D eigenvalue weighted by atomic mass is 15.3. The number of anilines is 1. The topological polar surface area (TPSA) is 29.0 Å². The third-order valence-electron chi connectivity index (χ3n) is 4.77. The molecular formula is C15H19N3. The van der Waals surface area contributed by atoms with Crippen molar-refractivity contribution < 1.29 is 0 Å². The van der Waals surface area contributed by atoms with Crippen LogP contribution in [0.15, 0.2) is 18.5 Å². The molecule has 0 aromatic carbocycles. The number of hydrogen-bond donors (Lipinski definition) is 0. The monoisotopic (exact) mass is 241 g/mol. The normalized spacial score (nSPS) is 29.8. The summed E-state index contributed by atoms with van der Waals surface area (Å²) in [5.41, 5.74) is 4.16. The SMILES string of the molecule is C=C1CC2CCC(C1)N2c1ncnc2c1CCC2. The van der Waals surface area contributed by atoms with E-state index in [1.807, 2.05) is 0 Å². The van der Waals surface area contributed by atoms with Gasteiger partial charge in [-0.2, -0.15) is 0 Å². The molecule has 2 atom stereocenters. The zero-order valence-corrected chi connectivity index (χ0v) is 10.7. The molecule has 4 rings (SSSR count). The molecule has 2 saturated heterocycles. The highest BCUT2D eigenvalue weighted by Crippen LogP contribution is 2.42. The van der Waals surface area contributed by atoms with Gasteiger partial charge in [0.15, 0.2) is 0 Å². The van der Waals surface area contributed by atoms with Crippen LogP contribution in [0.5, 0.6) is 0 Å². The Morgan fingerprint density at radius 2 is 1.89 bits per heavy atom. The maximum Gasteiger partial charge on any atom is 0.135 e. The average Bonchev–Trinajstić information content (AvgIpc) is 2.92. The molecule has 0 spiro atoms. The summed E-state index contributed by atoms with van der Waals surface area (Å²) in [5.74, 6) is 1.25. The van der Waals surface area contributed by atoms with E-state index in [9.17, 15) is 0 Å². The van der Waals surface area contributed by atoms with Gasteiger partial charge in [0.25, 0.3) is 0 Å². The second-order valence-electron chi connectivity index (χ2n) is 5.93. The second kappa shape index (κ2) is 3.81. The number of aromatic nitrogens is 2. The summed E-state index contributed by atoms with van der Waals surface area (Å²) in [4.78, 5) is 11.7. The summed E-state index contributed by atoms with van der Waals surface area (Å²) >= 11 is 0. The first-order valence-electron chi connectivity index (χ1n) is 7.10. The molecule has 2 bridgehead atoms. The smallest absolute Gasteiger partial charge is 0.135 e. The van der Waals surface area contributed by atoms with E-state index < -0.39 is 0 Å². The van der Waals surface area contributed by atoms with E-state index in [1.165, 1.54) is 48.3 Å². The lowest BCUT2D eigenvalue weighted by molar-refractivity contribution is 0.543. The molecule has 3 nitrogen and oxygen atoms in total. The molecular weight excluding hydrogens is 222 g/mol. The molecule has 2 aliphatic heterocycles. The van der Waals surface area contributed by atoms with Gasteiger partial charge in [-0.15, -0.1) is 0 Å². The van der Waals surface area contributed by atoms with Crippen molar-refractivity contribution in [3.63, 3.8) is 0 Å². The maximum absolute atomic E-state index is 4.63. The van der Waals surface area contributed by atoms with E-state index in [2.05, 4.69) is 21.4 Å². The fourth-order valence-electron chi connectivity index (χ4n) is 4.02. The van der Waals surface area contributed by atoms with Gasteiger partial charge in [-0.1, -0.05) is 12.2 Å². The van der Waals surface area contributed by atoms with Crippen LogP contribution in [0, 0.1) is 0 Å². The van der Waals surface area contributed by atoms with Crippen molar-refractivity contribution in [1.82, 2.24) is 9.97 Å². The zero-order valence-electron chi connectivity index (χ0n) is 10.7. The third-order valence-corrected chi connectivity index (χ3v) is 4.77. The Kier molecular flexibility index (Phi) is 2.23. The Bertz CT molecular complexity index is 492. The van der Waals surface area contributed by atoms with Crippen LogP contribution in [-0.4, -0.2) is 22.1 Å². The highest BCUT2D eigenvalue weighted by molar-refractivity contribution is 5.54.